The number of H-pyrrole nitrogens is 1. The Kier molecular flexibility index (Phi) is 4.90. The van der Waals surface area contributed by atoms with Crippen LogP contribution in [-0.4, -0.2) is 39.8 Å². The highest BCUT2D eigenvalue weighted by Gasteiger charge is 2.37. The smallest absolute Gasteiger partial charge is 0.220 e. The number of hydrogen-bond acceptors (Lipinski definition) is 7. The Bertz CT molecular complexity index is 1440. The van der Waals surface area contributed by atoms with Crippen molar-refractivity contribution in [2.75, 3.05) is 5.73 Å². The Balaban J connectivity index is 1.67. The minimum atomic E-state index is -1.36. The fourth-order valence-electron chi connectivity index (χ4n) is 4.13. The van der Waals surface area contributed by atoms with Gasteiger partial charge in [-0.2, -0.15) is 5.10 Å². The van der Waals surface area contributed by atoms with Gasteiger partial charge in [0.05, 0.1) is 17.6 Å². The molecule has 1 unspecified atom stereocenters. The fourth-order valence-corrected chi connectivity index (χ4v) is 4.13. The Morgan fingerprint density at radius 1 is 1.09 bits per heavy atom. The Labute approximate surface area is 190 Å². The van der Waals surface area contributed by atoms with Crippen molar-refractivity contribution in [3.8, 4) is 22.4 Å². The summed E-state index contributed by atoms with van der Waals surface area (Å²) in [5, 5.41) is 16.9. The molecule has 0 amide bonds. The average molecular weight is 441 g/mol. The normalized spacial score (nSPS) is 13.5. The number of pyridine rings is 2. The Morgan fingerprint density at radius 3 is 2.58 bits per heavy atom. The molecule has 0 spiro atoms. The quantitative estimate of drug-likeness (QED) is 0.382. The molecule has 9 heteroatoms. The van der Waals surface area contributed by atoms with E-state index in [2.05, 4.69) is 30.0 Å². The topological polar surface area (TPSA) is 131 Å². The maximum atomic E-state index is 11.8. The van der Waals surface area contributed by atoms with Crippen molar-refractivity contribution < 1.29 is 5.11 Å². The molecule has 166 valence electrons. The number of rotatable bonds is 5. The predicted octanol–water partition coefficient (Wildman–Crippen LogP) is 3.29. The molecule has 0 radical (unpaired) electrons. The third-order valence-electron chi connectivity index (χ3n) is 5.94. The van der Waals surface area contributed by atoms with Crippen LogP contribution in [0.15, 0.2) is 61.4 Å². The number of fused-ring (bicyclic) bond motifs is 1. The highest BCUT2D eigenvalue weighted by molar-refractivity contribution is 5.95. The summed E-state index contributed by atoms with van der Waals surface area (Å²) in [4.78, 5) is 20.7. The van der Waals surface area contributed by atoms with E-state index < -0.39 is 5.60 Å². The van der Waals surface area contributed by atoms with Crippen LogP contribution in [-0.2, 0) is 12.6 Å². The van der Waals surface area contributed by atoms with Gasteiger partial charge in [-0.25, -0.2) is 15.0 Å². The van der Waals surface area contributed by atoms with Crippen LogP contribution < -0.4 is 5.73 Å². The number of nitrogens with two attached hydrogens (primary N) is 1. The number of aromatic nitrogens is 7. The van der Waals surface area contributed by atoms with Crippen LogP contribution in [0, 0.1) is 5.92 Å². The Hall–Kier alpha value is -4.11. The number of aromatic amines is 1. The number of nitrogen functional groups attached to an aromatic ring is 1. The maximum Gasteiger partial charge on any atom is 0.220 e. The molecule has 1 atom stereocenters. The molecule has 0 fully saturated rings. The third kappa shape index (κ3) is 3.52. The van der Waals surface area contributed by atoms with E-state index in [1.54, 1.807) is 47.7 Å². The lowest BCUT2D eigenvalue weighted by atomic mass is 9.80. The van der Waals surface area contributed by atoms with Gasteiger partial charge in [-0.3, -0.25) is 9.67 Å². The third-order valence-corrected chi connectivity index (χ3v) is 5.94. The first-order chi connectivity index (χ1) is 15.9. The summed E-state index contributed by atoms with van der Waals surface area (Å²) < 4.78 is 1.75. The standard InChI is InChI=1S/C24H24N8O/c1-14(2)24(33,17-4-6-26-7-5-17)21-9-20(30-23(25)31-21)19-12-28-22-18(19)8-15(10-27-22)16-11-29-32(3)13-16/h4-14,33H,1-3H3,(H,27,28)(H2,25,30,31). The fraction of sp³-hybridized carbons (Fsp3) is 0.208. The van der Waals surface area contributed by atoms with Crippen molar-refractivity contribution in [1.29, 1.82) is 0 Å². The minimum Gasteiger partial charge on any atom is -0.378 e. The van der Waals surface area contributed by atoms with Crippen LogP contribution in [0.2, 0.25) is 0 Å². The second kappa shape index (κ2) is 7.79. The van der Waals surface area contributed by atoms with Gasteiger partial charge in [0.25, 0.3) is 0 Å². The van der Waals surface area contributed by atoms with E-state index >= 15 is 0 Å². The van der Waals surface area contributed by atoms with E-state index in [0.717, 1.165) is 27.7 Å². The SMILES string of the molecule is CC(C)C(O)(c1ccncc1)c1cc(-c2c[nH]c3ncc(-c4cnn(C)c4)cc23)nc(N)n1. The molecule has 0 saturated heterocycles. The molecule has 0 aromatic carbocycles. The number of nitrogens with one attached hydrogen (secondary N) is 1. The number of hydrogen-bond donors (Lipinski definition) is 3. The van der Waals surface area contributed by atoms with Crippen LogP contribution in [0.1, 0.15) is 25.1 Å². The minimum absolute atomic E-state index is 0.0846. The van der Waals surface area contributed by atoms with Gasteiger partial charge in [0, 0.05) is 60.1 Å². The average Bonchev–Trinajstić information content (AvgIpc) is 3.44. The first kappa shape index (κ1) is 20.8. The van der Waals surface area contributed by atoms with Crippen LogP contribution in [0.4, 0.5) is 5.95 Å². The highest BCUT2D eigenvalue weighted by Crippen LogP contribution is 2.38. The second-order valence-corrected chi connectivity index (χ2v) is 8.38. The summed E-state index contributed by atoms with van der Waals surface area (Å²) in [5.41, 5.74) is 9.93. The molecule has 33 heavy (non-hydrogen) atoms. The zero-order chi connectivity index (χ0) is 23.2. The molecular weight excluding hydrogens is 416 g/mol. The van der Waals surface area contributed by atoms with Crippen LogP contribution >= 0.6 is 0 Å². The van der Waals surface area contributed by atoms with E-state index in [-0.39, 0.29) is 11.9 Å². The van der Waals surface area contributed by atoms with Gasteiger partial charge in [-0.1, -0.05) is 13.8 Å². The molecule has 4 N–H and O–H groups in total. The summed E-state index contributed by atoms with van der Waals surface area (Å²) in [6.45, 7) is 3.88. The lowest BCUT2D eigenvalue weighted by Gasteiger charge is -2.32. The van der Waals surface area contributed by atoms with E-state index in [4.69, 9.17) is 5.73 Å². The highest BCUT2D eigenvalue weighted by atomic mass is 16.3. The lowest BCUT2D eigenvalue weighted by Crippen LogP contribution is -2.35. The van der Waals surface area contributed by atoms with Crippen LogP contribution in [0.25, 0.3) is 33.4 Å². The summed E-state index contributed by atoms with van der Waals surface area (Å²) in [6, 6.07) is 7.40. The monoisotopic (exact) mass is 440 g/mol. The number of aliphatic hydroxyl groups is 1. The summed E-state index contributed by atoms with van der Waals surface area (Å²) in [7, 11) is 1.88. The van der Waals surface area contributed by atoms with Crippen molar-refractivity contribution in [2.45, 2.75) is 19.4 Å². The molecule has 9 nitrogen and oxygen atoms in total. The van der Waals surface area contributed by atoms with Gasteiger partial charge in [0.15, 0.2) is 0 Å². The van der Waals surface area contributed by atoms with Gasteiger partial charge in [0.1, 0.15) is 11.2 Å². The molecule has 0 aliphatic rings. The Morgan fingerprint density at radius 2 is 1.88 bits per heavy atom. The first-order valence-corrected chi connectivity index (χ1v) is 10.6. The molecule has 5 rings (SSSR count). The summed E-state index contributed by atoms with van der Waals surface area (Å²) in [5.74, 6) is -0.0924. The molecule has 5 aromatic rings. The van der Waals surface area contributed by atoms with Gasteiger partial charge >= 0.3 is 0 Å². The van der Waals surface area contributed by atoms with E-state index in [0.29, 0.717) is 17.0 Å². The number of aryl methyl sites for hydroxylation is 1. The van der Waals surface area contributed by atoms with E-state index in [9.17, 15) is 5.11 Å². The number of anilines is 1. The van der Waals surface area contributed by atoms with Crippen molar-refractivity contribution >= 4 is 17.0 Å². The van der Waals surface area contributed by atoms with Gasteiger partial charge in [0.2, 0.25) is 5.95 Å². The van der Waals surface area contributed by atoms with Gasteiger partial charge in [-0.05, 0) is 35.7 Å². The molecule has 5 heterocycles. The van der Waals surface area contributed by atoms with Crippen molar-refractivity contribution in [1.82, 2.24) is 34.7 Å². The largest absolute Gasteiger partial charge is 0.378 e. The van der Waals surface area contributed by atoms with Crippen molar-refractivity contribution in [2.24, 2.45) is 13.0 Å². The predicted molar refractivity (Wildman–Crippen MR) is 126 cm³/mol. The molecular formula is C24H24N8O. The molecule has 0 aliphatic carbocycles. The molecule has 0 aliphatic heterocycles. The van der Waals surface area contributed by atoms with Crippen LogP contribution in [0.5, 0.6) is 0 Å². The van der Waals surface area contributed by atoms with Crippen molar-refractivity contribution in [3.05, 3.63) is 72.7 Å². The maximum absolute atomic E-state index is 11.8. The first-order valence-electron chi connectivity index (χ1n) is 10.6. The van der Waals surface area contributed by atoms with Crippen molar-refractivity contribution in [3.63, 3.8) is 0 Å². The van der Waals surface area contributed by atoms with Gasteiger partial charge < -0.3 is 15.8 Å². The lowest BCUT2D eigenvalue weighted by molar-refractivity contribution is 0.0275. The van der Waals surface area contributed by atoms with Crippen LogP contribution in [0.3, 0.4) is 0 Å². The number of nitrogens with zero attached hydrogens (tertiary/aromatic N) is 6. The van der Waals surface area contributed by atoms with E-state index in [1.807, 2.05) is 39.4 Å². The van der Waals surface area contributed by atoms with E-state index in [1.165, 1.54) is 0 Å². The molecule has 5 aromatic heterocycles. The zero-order valence-electron chi connectivity index (χ0n) is 18.6. The second-order valence-electron chi connectivity index (χ2n) is 8.38. The zero-order valence-corrected chi connectivity index (χ0v) is 18.6. The molecule has 0 saturated carbocycles. The summed E-state index contributed by atoms with van der Waals surface area (Å²) >= 11 is 0. The summed E-state index contributed by atoms with van der Waals surface area (Å²) in [6.07, 6.45) is 10.7. The van der Waals surface area contributed by atoms with Gasteiger partial charge in [-0.15, -0.1) is 0 Å². The molecule has 0 bridgehead atoms.